The highest BCUT2D eigenvalue weighted by molar-refractivity contribution is 7.98. The van der Waals surface area contributed by atoms with Gasteiger partial charge < -0.3 is 9.88 Å². The van der Waals surface area contributed by atoms with E-state index in [2.05, 4.69) is 60.5 Å². The van der Waals surface area contributed by atoms with Crippen molar-refractivity contribution < 1.29 is 4.79 Å². The predicted molar refractivity (Wildman–Crippen MR) is 118 cm³/mol. The molecule has 0 bridgehead atoms. The zero-order valence-corrected chi connectivity index (χ0v) is 17.9. The summed E-state index contributed by atoms with van der Waals surface area (Å²) >= 11 is 1.77. The molecule has 0 atom stereocenters. The normalized spacial score (nSPS) is 14.2. The second-order valence-electron chi connectivity index (χ2n) is 7.31. The first kappa shape index (κ1) is 20.6. The van der Waals surface area contributed by atoms with Gasteiger partial charge in [0, 0.05) is 62.9 Å². The first-order valence-electron chi connectivity index (χ1n) is 10.2. The molecular weight excluding hydrogens is 396 g/mol. The van der Waals surface area contributed by atoms with E-state index in [0.29, 0.717) is 18.5 Å². The van der Waals surface area contributed by atoms with Crippen molar-refractivity contribution in [1.82, 2.24) is 30.0 Å². The van der Waals surface area contributed by atoms with Crippen molar-refractivity contribution in [3.8, 4) is 0 Å². The van der Waals surface area contributed by atoms with E-state index in [1.54, 1.807) is 36.3 Å². The predicted octanol–water partition coefficient (Wildman–Crippen LogP) is 2.43. The summed E-state index contributed by atoms with van der Waals surface area (Å²) in [5.41, 5.74) is 1.91. The summed E-state index contributed by atoms with van der Waals surface area (Å²) in [4.78, 5) is 19.9. The molecule has 30 heavy (non-hydrogen) atoms. The van der Waals surface area contributed by atoms with Crippen LogP contribution in [-0.2, 0) is 25.9 Å². The molecule has 2 aromatic heterocycles. The van der Waals surface area contributed by atoms with Crippen molar-refractivity contribution in [3.63, 3.8) is 0 Å². The van der Waals surface area contributed by atoms with Crippen LogP contribution in [0.3, 0.4) is 0 Å². The maximum absolute atomic E-state index is 12.2. The van der Waals surface area contributed by atoms with Crippen LogP contribution in [0.1, 0.15) is 27.6 Å². The van der Waals surface area contributed by atoms with Gasteiger partial charge in [0.05, 0.1) is 5.56 Å². The van der Waals surface area contributed by atoms with Crippen molar-refractivity contribution >= 4 is 17.7 Å². The molecule has 0 saturated heterocycles. The number of aromatic nitrogens is 4. The van der Waals surface area contributed by atoms with Crippen molar-refractivity contribution in [2.24, 2.45) is 0 Å². The Labute approximate surface area is 180 Å². The standard InChI is InChI=1S/C22H26N6OS/c1-30-19-6-4-17(5-7-19)16-27-12-9-21-26-25-20(28(21)14-13-27)8-11-24-22(29)18-3-2-10-23-15-18/h2-7,10,15H,8-9,11-14,16H2,1H3,(H,24,29). The van der Waals surface area contributed by atoms with Gasteiger partial charge in [0.2, 0.25) is 0 Å². The Kier molecular flexibility index (Phi) is 6.76. The van der Waals surface area contributed by atoms with E-state index in [1.165, 1.54) is 10.5 Å². The topological polar surface area (TPSA) is 75.9 Å². The minimum Gasteiger partial charge on any atom is -0.352 e. The van der Waals surface area contributed by atoms with Gasteiger partial charge in [-0.15, -0.1) is 22.0 Å². The lowest BCUT2D eigenvalue weighted by atomic mass is 10.2. The first-order valence-corrected chi connectivity index (χ1v) is 11.4. The Hall–Kier alpha value is -2.71. The number of nitrogens with one attached hydrogen (secondary N) is 1. The van der Waals surface area contributed by atoms with Gasteiger partial charge in [-0.1, -0.05) is 12.1 Å². The third-order valence-electron chi connectivity index (χ3n) is 5.32. The number of pyridine rings is 1. The lowest BCUT2D eigenvalue weighted by molar-refractivity contribution is 0.0953. The molecule has 4 rings (SSSR count). The zero-order chi connectivity index (χ0) is 20.8. The molecule has 7 nitrogen and oxygen atoms in total. The molecule has 0 fully saturated rings. The van der Waals surface area contributed by atoms with E-state index in [9.17, 15) is 4.79 Å². The molecule has 3 heterocycles. The van der Waals surface area contributed by atoms with E-state index in [4.69, 9.17) is 0 Å². The van der Waals surface area contributed by atoms with E-state index in [-0.39, 0.29) is 5.91 Å². The van der Waals surface area contributed by atoms with Crippen molar-refractivity contribution in [2.45, 2.75) is 30.8 Å². The average Bonchev–Trinajstić information content (AvgIpc) is 3.06. The van der Waals surface area contributed by atoms with Crippen LogP contribution in [0.25, 0.3) is 0 Å². The Morgan fingerprint density at radius 1 is 1.13 bits per heavy atom. The van der Waals surface area contributed by atoms with Crippen LogP contribution in [0.2, 0.25) is 0 Å². The Balaban J connectivity index is 1.30. The molecule has 0 spiro atoms. The molecule has 0 saturated carbocycles. The number of carbonyl (C=O) groups is 1. The smallest absolute Gasteiger partial charge is 0.252 e. The maximum atomic E-state index is 12.2. The van der Waals surface area contributed by atoms with Gasteiger partial charge in [0.15, 0.2) is 0 Å². The zero-order valence-electron chi connectivity index (χ0n) is 17.1. The third kappa shape index (κ3) is 5.06. The molecule has 156 valence electrons. The summed E-state index contributed by atoms with van der Waals surface area (Å²) in [6.07, 6.45) is 6.88. The summed E-state index contributed by atoms with van der Waals surface area (Å²) in [6, 6.07) is 12.3. The number of hydrogen-bond acceptors (Lipinski definition) is 6. The monoisotopic (exact) mass is 422 g/mol. The highest BCUT2D eigenvalue weighted by Crippen LogP contribution is 2.17. The minimum absolute atomic E-state index is 0.114. The highest BCUT2D eigenvalue weighted by Gasteiger charge is 2.19. The number of nitrogens with zero attached hydrogens (tertiary/aromatic N) is 5. The lowest BCUT2D eigenvalue weighted by Gasteiger charge is -2.19. The van der Waals surface area contributed by atoms with Gasteiger partial charge in [-0.05, 0) is 36.1 Å². The van der Waals surface area contributed by atoms with Gasteiger partial charge in [0.1, 0.15) is 11.6 Å². The third-order valence-corrected chi connectivity index (χ3v) is 6.06. The fourth-order valence-corrected chi connectivity index (χ4v) is 4.05. The second-order valence-corrected chi connectivity index (χ2v) is 8.19. The Morgan fingerprint density at radius 2 is 2.00 bits per heavy atom. The molecule has 3 aromatic rings. The molecule has 1 aliphatic rings. The molecule has 1 aliphatic heterocycles. The number of benzene rings is 1. The maximum Gasteiger partial charge on any atom is 0.252 e. The Bertz CT molecular complexity index is 973. The number of thioether (sulfide) groups is 1. The van der Waals surface area contributed by atoms with Crippen LogP contribution in [-0.4, -0.2) is 56.4 Å². The fourth-order valence-electron chi connectivity index (χ4n) is 3.65. The Morgan fingerprint density at radius 3 is 2.77 bits per heavy atom. The van der Waals surface area contributed by atoms with Crippen LogP contribution in [0.15, 0.2) is 53.7 Å². The van der Waals surface area contributed by atoms with E-state index >= 15 is 0 Å². The van der Waals surface area contributed by atoms with Crippen molar-refractivity contribution in [1.29, 1.82) is 0 Å². The summed E-state index contributed by atoms with van der Waals surface area (Å²) in [5.74, 6) is 1.85. The fraction of sp³-hybridized carbons (Fsp3) is 0.364. The van der Waals surface area contributed by atoms with Crippen molar-refractivity contribution in [2.75, 3.05) is 25.9 Å². The molecule has 1 amide bonds. The molecular formula is C22H26N6OS. The minimum atomic E-state index is -0.114. The second kappa shape index (κ2) is 9.86. The molecule has 0 unspecified atom stereocenters. The molecule has 1 aromatic carbocycles. The molecule has 8 heteroatoms. The largest absolute Gasteiger partial charge is 0.352 e. The van der Waals surface area contributed by atoms with E-state index in [0.717, 1.165) is 44.2 Å². The summed E-state index contributed by atoms with van der Waals surface area (Å²) in [6.45, 7) is 4.28. The number of fused-ring (bicyclic) bond motifs is 1. The van der Waals surface area contributed by atoms with Crippen LogP contribution in [0.5, 0.6) is 0 Å². The van der Waals surface area contributed by atoms with Crippen LogP contribution >= 0.6 is 11.8 Å². The van der Waals surface area contributed by atoms with Gasteiger partial charge in [-0.2, -0.15) is 0 Å². The molecule has 0 aliphatic carbocycles. The van der Waals surface area contributed by atoms with Gasteiger partial charge >= 0.3 is 0 Å². The van der Waals surface area contributed by atoms with Gasteiger partial charge in [0.25, 0.3) is 5.91 Å². The summed E-state index contributed by atoms with van der Waals surface area (Å²) < 4.78 is 2.22. The quantitative estimate of drug-likeness (QED) is 0.590. The highest BCUT2D eigenvalue weighted by atomic mass is 32.2. The summed E-state index contributed by atoms with van der Waals surface area (Å²) in [7, 11) is 0. The van der Waals surface area contributed by atoms with E-state index < -0.39 is 0 Å². The summed E-state index contributed by atoms with van der Waals surface area (Å²) in [5, 5.41) is 11.7. The number of carbonyl (C=O) groups excluding carboxylic acids is 1. The number of hydrogen-bond donors (Lipinski definition) is 1. The van der Waals surface area contributed by atoms with E-state index in [1.807, 2.05) is 0 Å². The SMILES string of the molecule is CSc1ccc(CN2CCc3nnc(CCNC(=O)c4cccnc4)n3CC2)cc1. The number of rotatable bonds is 7. The number of amides is 1. The van der Waals surface area contributed by atoms with Gasteiger partial charge in [-0.25, -0.2) is 0 Å². The van der Waals surface area contributed by atoms with Crippen LogP contribution < -0.4 is 5.32 Å². The van der Waals surface area contributed by atoms with Crippen LogP contribution in [0, 0.1) is 0 Å². The van der Waals surface area contributed by atoms with Crippen LogP contribution in [0.4, 0.5) is 0 Å². The van der Waals surface area contributed by atoms with Gasteiger partial charge in [-0.3, -0.25) is 14.7 Å². The molecule has 1 N–H and O–H groups in total. The molecule has 0 radical (unpaired) electrons. The lowest BCUT2D eigenvalue weighted by Crippen LogP contribution is -2.28. The van der Waals surface area contributed by atoms with Crippen molar-refractivity contribution in [3.05, 3.63) is 71.6 Å². The first-order chi connectivity index (χ1) is 14.7. The average molecular weight is 423 g/mol.